The van der Waals surface area contributed by atoms with E-state index in [0.29, 0.717) is 12.8 Å². The monoisotopic (exact) mass is 246 g/mol. The molecule has 96 valence electrons. The predicted molar refractivity (Wildman–Crippen MR) is 68.8 cm³/mol. The van der Waals surface area contributed by atoms with Gasteiger partial charge in [-0.1, -0.05) is 26.2 Å². The molecule has 4 heteroatoms. The van der Waals surface area contributed by atoms with Gasteiger partial charge < -0.3 is 9.53 Å². The average molecular weight is 246 g/mol. The molecule has 0 aliphatic heterocycles. The third-order valence-corrected chi connectivity index (χ3v) is 4.90. The van der Waals surface area contributed by atoms with Gasteiger partial charge in [-0.15, -0.1) is 0 Å². The molecule has 0 saturated heterocycles. The van der Waals surface area contributed by atoms with Crippen molar-refractivity contribution < 1.29 is 14.3 Å². The van der Waals surface area contributed by atoms with Crippen molar-refractivity contribution in [2.45, 2.75) is 64.6 Å². The van der Waals surface area contributed by atoms with Gasteiger partial charge in [-0.2, -0.15) is 0 Å². The lowest BCUT2D eigenvalue weighted by Gasteiger charge is -2.22. The third-order valence-electron chi connectivity index (χ3n) is 2.56. The third kappa shape index (κ3) is 8.92. The van der Waals surface area contributed by atoms with Gasteiger partial charge in [-0.25, -0.2) is 0 Å². The summed E-state index contributed by atoms with van der Waals surface area (Å²) in [5.41, 5.74) is 0. The molecule has 0 bridgehead atoms. The molecular weight excluding hydrogens is 220 g/mol. The average Bonchev–Trinajstić information content (AvgIpc) is 2.17. The van der Waals surface area contributed by atoms with Crippen LogP contribution in [0.4, 0.5) is 0 Å². The van der Waals surface area contributed by atoms with Gasteiger partial charge in [0, 0.05) is 13.0 Å². The highest BCUT2D eigenvalue weighted by molar-refractivity contribution is 6.72. The maximum absolute atomic E-state index is 11.5. The lowest BCUT2D eigenvalue weighted by Crippen LogP contribution is -2.33. The van der Waals surface area contributed by atoms with Crippen LogP contribution in [0.2, 0.25) is 19.1 Å². The first-order chi connectivity index (χ1) is 7.52. The second-order valence-electron chi connectivity index (χ2n) is 4.87. The van der Waals surface area contributed by atoms with Crippen LogP contribution in [0.3, 0.4) is 0 Å². The van der Waals surface area contributed by atoms with Crippen LogP contribution in [0.15, 0.2) is 0 Å². The molecule has 0 radical (unpaired) electrons. The van der Waals surface area contributed by atoms with Crippen molar-refractivity contribution in [2.24, 2.45) is 0 Å². The Morgan fingerprint density at radius 3 is 2.44 bits per heavy atom. The number of carbonyl (C=O) groups is 1. The van der Waals surface area contributed by atoms with Gasteiger partial charge in [0.15, 0.2) is 0 Å². The fourth-order valence-corrected chi connectivity index (χ4v) is 3.51. The second-order valence-corrected chi connectivity index (χ2v) is 9.10. The van der Waals surface area contributed by atoms with Gasteiger partial charge in [0.2, 0.25) is 8.32 Å². The van der Waals surface area contributed by atoms with Gasteiger partial charge in [-0.05, 0) is 32.0 Å². The summed E-state index contributed by atoms with van der Waals surface area (Å²) in [6.45, 7) is 6.54. The quantitative estimate of drug-likeness (QED) is 0.502. The predicted octanol–water partition coefficient (Wildman–Crippen LogP) is 3.09. The number of hydrogen-bond donors (Lipinski definition) is 1. The van der Waals surface area contributed by atoms with Crippen LogP contribution < -0.4 is 0 Å². The zero-order valence-electron chi connectivity index (χ0n) is 10.9. The summed E-state index contributed by atoms with van der Waals surface area (Å²) in [6, 6.07) is 1.06. The van der Waals surface area contributed by atoms with Crippen molar-refractivity contribution in [3.05, 3.63) is 0 Å². The summed E-state index contributed by atoms with van der Waals surface area (Å²) in [5, 5.41) is 8.61. The number of aliphatic hydroxyl groups is 1. The molecule has 0 aromatic rings. The summed E-state index contributed by atoms with van der Waals surface area (Å²) in [6.07, 6.45) is 5.46. The van der Waals surface area contributed by atoms with Crippen molar-refractivity contribution in [2.75, 3.05) is 6.61 Å². The molecule has 0 atom stereocenters. The Hall–Kier alpha value is -0.353. The summed E-state index contributed by atoms with van der Waals surface area (Å²) in [4.78, 5) is 11.5. The first-order valence-electron chi connectivity index (χ1n) is 6.34. The van der Waals surface area contributed by atoms with Gasteiger partial charge in [0.1, 0.15) is 0 Å². The van der Waals surface area contributed by atoms with E-state index in [0.717, 1.165) is 12.5 Å². The Morgan fingerprint density at radius 1 is 1.19 bits per heavy atom. The summed E-state index contributed by atoms with van der Waals surface area (Å²) in [5.74, 6) is -0.0818. The SMILES string of the molecule is CCCCC[Si](C)(C)OC(=O)CCCCO. The number of rotatable bonds is 9. The van der Waals surface area contributed by atoms with E-state index < -0.39 is 8.32 Å². The Balaban J connectivity index is 3.72. The van der Waals surface area contributed by atoms with Gasteiger partial charge in [0.05, 0.1) is 0 Å². The standard InChI is InChI=1S/C12H26O3Si/c1-4-5-8-11-16(2,3)15-12(14)9-6-7-10-13/h13H,4-11H2,1-3H3. The number of aliphatic hydroxyl groups excluding tert-OH is 1. The summed E-state index contributed by atoms with van der Waals surface area (Å²) >= 11 is 0. The molecule has 0 aromatic heterocycles. The highest BCUT2D eigenvalue weighted by Crippen LogP contribution is 2.17. The molecule has 0 aliphatic rings. The van der Waals surface area contributed by atoms with Crippen LogP contribution in [0.25, 0.3) is 0 Å². The van der Waals surface area contributed by atoms with E-state index in [2.05, 4.69) is 20.0 Å². The molecule has 0 amide bonds. The molecule has 0 spiro atoms. The molecule has 0 unspecified atom stereocenters. The van der Waals surface area contributed by atoms with Crippen LogP contribution in [0.1, 0.15) is 45.4 Å². The molecule has 0 aliphatic carbocycles. The Morgan fingerprint density at radius 2 is 1.88 bits per heavy atom. The minimum Gasteiger partial charge on any atom is -0.520 e. The van der Waals surface area contributed by atoms with Crippen LogP contribution in [0.5, 0.6) is 0 Å². The fraction of sp³-hybridized carbons (Fsp3) is 0.917. The number of carbonyl (C=O) groups excluding carboxylic acids is 1. The van der Waals surface area contributed by atoms with Crippen LogP contribution in [0, 0.1) is 0 Å². The number of unbranched alkanes of at least 4 members (excludes halogenated alkanes) is 3. The molecule has 0 aromatic carbocycles. The molecule has 1 N–H and O–H groups in total. The molecule has 0 saturated carbocycles. The van der Waals surface area contributed by atoms with Crippen molar-refractivity contribution in [3.8, 4) is 0 Å². The normalized spacial score (nSPS) is 11.5. The summed E-state index contributed by atoms with van der Waals surface area (Å²) < 4.78 is 5.55. The lowest BCUT2D eigenvalue weighted by molar-refractivity contribution is -0.135. The zero-order chi connectivity index (χ0) is 12.4. The van der Waals surface area contributed by atoms with E-state index in [1.807, 2.05) is 0 Å². The maximum Gasteiger partial charge on any atom is 0.292 e. The first kappa shape index (κ1) is 15.6. The molecule has 16 heavy (non-hydrogen) atoms. The largest absolute Gasteiger partial charge is 0.520 e. The number of hydrogen-bond acceptors (Lipinski definition) is 3. The van der Waals surface area contributed by atoms with E-state index in [-0.39, 0.29) is 12.6 Å². The van der Waals surface area contributed by atoms with Crippen molar-refractivity contribution in [3.63, 3.8) is 0 Å². The van der Waals surface area contributed by atoms with Crippen molar-refractivity contribution in [1.82, 2.24) is 0 Å². The van der Waals surface area contributed by atoms with Gasteiger partial charge >= 0.3 is 0 Å². The highest BCUT2D eigenvalue weighted by Gasteiger charge is 2.25. The fourth-order valence-electron chi connectivity index (χ4n) is 1.59. The molecule has 0 rings (SSSR count). The molecule has 0 heterocycles. The minimum atomic E-state index is -1.78. The lowest BCUT2D eigenvalue weighted by atomic mass is 10.2. The maximum atomic E-state index is 11.5. The topological polar surface area (TPSA) is 46.5 Å². The minimum absolute atomic E-state index is 0.0818. The Labute approximate surface area is 100 Å². The van der Waals surface area contributed by atoms with E-state index >= 15 is 0 Å². The van der Waals surface area contributed by atoms with E-state index in [1.165, 1.54) is 19.3 Å². The van der Waals surface area contributed by atoms with E-state index in [9.17, 15) is 4.79 Å². The van der Waals surface area contributed by atoms with Crippen LogP contribution >= 0.6 is 0 Å². The Bertz CT molecular complexity index is 193. The second kappa shape index (κ2) is 8.76. The van der Waals surface area contributed by atoms with Crippen LogP contribution in [-0.2, 0) is 9.22 Å². The van der Waals surface area contributed by atoms with E-state index in [1.54, 1.807) is 0 Å². The summed E-state index contributed by atoms with van der Waals surface area (Å²) in [7, 11) is -1.78. The van der Waals surface area contributed by atoms with Crippen molar-refractivity contribution in [1.29, 1.82) is 0 Å². The van der Waals surface area contributed by atoms with E-state index in [4.69, 9.17) is 9.53 Å². The van der Waals surface area contributed by atoms with Crippen LogP contribution in [-0.4, -0.2) is 26.0 Å². The molecular formula is C12H26O3Si. The highest BCUT2D eigenvalue weighted by atomic mass is 28.4. The smallest absolute Gasteiger partial charge is 0.292 e. The molecule has 0 fully saturated rings. The first-order valence-corrected chi connectivity index (χ1v) is 9.46. The van der Waals surface area contributed by atoms with Crippen molar-refractivity contribution >= 4 is 14.3 Å². The molecule has 3 nitrogen and oxygen atoms in total. The Kier molecular flexibility index (Phi) is 8.57. The zero-order valence-corrected chi connectivity index (χ0v) is 11.9. The van der Waals surface area contributed by atoms with Gasteiger partial charge in [0.25, 0.3) is 5.97 Å². The van der Waals surface area contributed by atoms with Gasteiger partial charge in [-0.3, -0.25) is 4.79 Å².